The van der Waals surface area contributed by atoms with Crippen LogP contribution in [-0.2, 0) is 20.2 Å². The van der Waals surface area contributed by atoms with Gasteiger partial charge in [-0.25, -0.2) is 8.42 Å². The smallest absolute Gasteiger partial charge is 0.339 e. The quantitative estimate of drug-likeness (QED) is 0.119. The molecule has 0 heterocycles. The van der Waals surface area contributed by atoms with Gasteiger partial charge in [0.05, 0.1) is 12.0 Å². The van der Waals surface area contributed by atoms with Gasteiger partial charge in [-0.2, -0.15) is 8.42 Å². The molecule has 0 saturated carbocycles. The number of allylic oxidation sites excluding steroid dienone is 6. The highest BCUT2D eigenvalue weighted by Gasteiger charge is 2.35. The van der Waals surface area contributed by atoms with Crippen molar-refractivity contribution in [3.63, 3.8) is 0 Å². The van der Waals surface area contributed by atoms with Crippen LogP contribution in [0.4, 0.5) is 0 Å². The van der Waals surface area contributed by atoms with Crippen molar-refractivity contribution in [3.8, 4) is 5.75 Å². The van der Waals surface area contributed by atoms with E-state index in [1.165, 1.54) is 11.6 Å². The van der Waals surface area contributed by atoms with Crippen molar-refractivity contribution in [1.82, 2.24) is 0 Å². The zero-order valence-corrected chi connectivity index (χ0v) is 30.3. The van der Waals surface area contributed by atoms with Crippen LogP contribution in [0.3, 0.4) is 0 Å². The van der Waals surface area contributed by atoms with Crippen molar-refractivity contribution in [2.75, 3.05) is 0 Å². The molecule has 0 amide bonds. The standard InChI is InChI=1S/C30H31I3O6S2/c31-25-18-26(32)30(40(34,35)36)27(33)28(25)39-41(37,38)29-23(20-12-6-2-7-13-20)16-22(19-10-4-1-5-11-19)17-24(29)21-14-8-3-9-15-21/h1-4,6,8,16-21H,5,7,9-15H2,(H,34,35,36)/p-1. The Morgan fingerprint density at radius 1 is 0.659 bits per heavy atom. The highest BCUT2D eigenvalue weighted by molar-refractivity contribution is 14.1. The van der Waals surface area contributed by atoms with E-state index in [-0.39, 0.29) is 29.6 Å². The molecule has 11 heteroatoms. The Morgan fingerprint density at radius 2 is 1.15 bits per heavy atom. The van der Waals surface area contributed by atoms with Crippen LogP contribution >= 0.6 is 67.8 Å². The number of hydrogen-bond donors (Lipinski definition) is 0. The molecule has 0 radical (unpaired) electrons. The molecular weight excluding hydrogens is 901 g/mol. The molecule has 41 heavy (non-hydrogen) atoms. The lowest BCUT2D eigenvalue weighted by Crippen LogP contribution is -2.21. The monoisotopic (exact) mass is 931 g/mol. The summed E-state index contributed by atoms with van der Waals surface area (Å²) in [5.41, 5.74) is 2.76. The summed E-state index contributed by atoms with van der Waals surface area (Å²) in [5, 5.41) is 0. The maximum absolute atomic E-state index is 14.5. The minimum Gasteiger partial charge on any atom is -0.744 e. The minimum atomic E-state index is -4.86. The summed E-state index contributed by atoms with van der Waals surface area (Å²) in [6.07, 6.45) is 20.9. The molecule has 2 aromatic carbocycles. The van der Waals surface area contributed by atoms with Crippen LogP contribution in [-0.4, -0.2) is 21.4 Å². The first kappa shape index (κ1) is 31.9. The molecule has 3 aliphatic carbocycles. The maximum Gasteiger partial charge on any atom is 0.339 e. The second-order valence-corrected chi connectivity index (χ2v) is 17.0. The van der Waals surface area contributed by atoms with Gasteiger partial charge < -0.3 is 8.74 Å². The summed E-state index contributed by atoms with van der Waals surface area (Å²) < 4.78 is 71.7. The topological polar surface area (TPSA) is 101 Å². The first-order valence-corrected chi connectivity index (χ1v) is 19.7. The molecule has 3 atom stereocenters. The van der Waals surface area contributed by atoms with Gasteiger partial charge >= 0.3 is 10.1 Å². The molecule has 0 N–H and O–H groups in total. The van der Waals surface area contributed by atoms with Crippen molar-refractivity contribution in [2.45, 2.75) is 85.3 Å². The van der Waals surface area contributed by atoms with Gasteiger partial charge in [-0.3, -0.25) is 0 Å². The Balaban J connectivity index is 1.72. The van der Waals surface area contributed by atoms with Gasteiger partial charge in [0.15, 0.2) is 5.75 Å². The highest BCUT2D eigenvalue weighted by Crippen LogP contribution is 2.45. The van der Waals surface area contributed by atoms with Gasteiger partial charge in [0.1, 0.15) is 15.0 Å². The van der Waals surface area contributed by atoms with Crippen LogP contribution in [0.5, 0.6) is 5.75 Å². The lowest BCUT2D eigenvalue weighted by Gasteiger charge is -2.30. The second kappa shape index (κ2) is 13.2. The van der Waals surface area contributed by atoms with Crippen LogP contribution in [0.1, 0.15) is 92.2 Å². The Bertz CT molecular complexity index is 1600. The van der Waals surface area contributed by atoms with Crippen molar-refractivity contribution in [2.24, 2.45) is 0 Å². The zero-order chi connectivity index (χ0) is 29.4. The molecule has 0 aromatic heterocycles. The van der Waals surface area contributed by atoms with Crippen molar-refractivity contribution in [1.29, 1.82) is 0 Å². The molecule has 6 nitrogen and oxygen atoms in total. The van der Waals surface area contributed by atoms with Crippen molar-refractivity contribution in [3.05, 3.63) is 82.1 Å². The average Bonchev–Trinajstić information content (AvgIpc) is 2.95. The molecule has 0 fully saturated rings. The summed E-state index contributed by atoms with van der Waals surface area (Å²) in [5.74, 6) is 0.262. The Morgan fingerprint density at radius 3 is 1.59 bits per heavy atom. The lowest BCUT2D eigenvalue weighted by atomic mass is 9.78. The summed E-state index contributed by atoms with van der Waals surface area (Å²) in [7, 11) is -9.27. The van der Waals surface area contributed by atoms with Gasteiger partial charge in [0.25, 0.3) is 0 Å². The van der Waals surface area contributed by atoms with Crippen LogP contribution in [0.15, 0.2) is 64.4 Å². The fourth-order valence-corrected chi connectivity index (χ4v) is 13.7. The third-order valence-corrected chi connectivity index (χ3v) is 13.8. The zero-order valence-electron chi connectivity index (χ0n) is 22.2. The van der Waals surface area contributed by atoms with Crippen molar-refractivity contribution >= 4 is 88.0 Å². The molecule has 0 bridgehead atoms. The predicted octanol–water partition coefficient (Wildman–Crippen LogP) is 8.64. The minimum absolute atomic E-state index is 0.0209. The van der Waals surface area contributed by atoms with Gasteiger partial charge in [0.2, 0.25) is 0 Å². The van der Waals surface area contributed by atoms with Gasteiger partial charge in [-0.1, -0.05) is 48.6 Å². The van der Waals surface area contributed by atoms with Gasteiger partial charge in [0, 0.05) is 3.57 Å². The number of hydrogen-bond acceptors (Lipinski definition) is 6. The van der Waals surface area contributed by atoms with E-state index in [4.69, 9.17) is 4.18 Å². The van der Waals surface area contributed by atoms with E-state index in [1.807, 2.05) is 22.6 Å². The molecule has 3 unspecified atom stereocenters. The summed E-state index contributed by atoms with van der Waals surface area (Å²) in [4.78, 5) is -0.245. The maximum atomic E-state index is 14.5. The van der Waals surface area contributed by atoms with E-state index in [0.717, 1.165) is 68.9 Å². The van der Waals surface area contributed by atoms with E-state index >= 15 is 0 Å². The number of benzene rings is 2. The largest absolute Gasteiger partial charge is 0.744 e. The van der Waals surface area contributed by atoms with E-state index in [1.54, 1.807) is 45.2 Å². The fraction of sp³-hybridized carbons (Fsp3) is 0.400. The molecule has 3 aliphatic rings. The van der Waals surface area contributed by atoms with Crippen LogP contribution < -0.4 is 4.18 Å². The van der Waals surface area contributed by atoms with E-state index in [9.17, 15) is 21.4 Å². The first-order valence-electron chi connectivity index (χ1n) is 13.7. The van der Waals surface area contributed by atoms with E-state index < -0.39 is 25.1 Å². The predicted molar refractivity (Wildman–Crippen MR) is 184 cm³/mol. The van der Waals surface area contributed by atoms with Gasteiger partial charge in [-0.05, 0) is 166 Å². The van der Waals surface area contributed by atoms with Crippen LogP contribution in [0, 0.1) is 10.7 Å². The van der Waals surface area contributed by atoms with E-state index in [0.29, 0.717) is 9.49 Å². The molecule has 0 spiro atoms. The SMILES string of the molecule is O=S(=O)([O-])c1c(I)cc(I)c(OS(=O)(=O)c2c(C3CC=CCC3)cc(C3CC=CCC3)cc2C2CC=CCC2)c1I. The lowest BCUT2D eigenvalue weighted by molar-refractivity contribution is 0.456. The average molecular weight is 931 g/mol. The number of rotatable bonds is 7. The molecule has 0 aliphatic heterocycles. The third kappa shape index (κ3) is 7.10. The normalized spacial score (nSPS) is 23.1. The second-order valence-electron chi connectivity index (χ2n) is 10.8. The Labute approximate surface area is 283 Å². The third-order valence-electron chi connectivity index (χ3n) is 8.11. The first-order chi connectivity index (χ1) is 19.5. The highest BCUT2D eigenvalue weighted by atomic mass is 127. The Kier molecular flexibility index (Phi) is 10.3. The van der Waals surface area contributed by atoms with Crippen LogP contribution in [0.2, 0.25) is 0 Å². The summed E-state index contributed by atoms with van der Waals surface area (Å²) in [6, 6.07) is 5.67. The summed E-state index contributed by atoms with van der Waals surface area (Å²) in [6.45, 7) is 0. The van der Waals surface area contributed by atoms with E-state index in [2.05, 4.69) is 48.6 Å². The molecular formula is C30H30I3O6S2-. The molecule has 5 rings (SSSR count). The number of halogens is 3. The molecule has 0 saturated heterocycles. The Hall–Kier alpha value is -0.490. The molecule has 220 valence electrons. The fourth-order valence-electron chi connectivity index (χ4n) is 6.09. The van der Waals surface area contributed by atoms with Crippen LogP contribution in [0.25, 0.3) is 0 Å². The molecule has 2 aromatic rings. The van der Waals surface area contributed by atoms with Crippen molar-refractivity contribution < 1.29 is 25.6 Å². The van der Waals surface area contributed by atoms with Gasteiger partial charge in [-0.15, -0.1) is 0 Å². The summed E-state index contributed by atoms with van der Waals surface area (Å²) >= 11 is 5.43.